The van der Waals surface area contributed by atoms with E-state index in [0.29, 0.717) is 31.3 Å². The summed E-state index contributed by atoms with van der Waals surface area (Å²) in [6.45, 7) is 1.11. The number of benzene rings is 1. The molecule has 2 aromatic rings. The van der Waals surface area contributed by atoms with Gasteiger partial charge < -0.3 is 19.1 Å². The van der Waals surface area contributed by atoms with Crippen molar-refractivity contribution in [3.05, 3.63) is 45.1 Å². The van der Waals surface area contributed by atoms with E-state index in [4.69, 9.17) is 25.8 Å². The number of fused-ring (bicyclic) bond motifs is 1. The van der Waals surface area contributed by atoms with Crippen LogP contribution in [-0.2, 0) is 16.1 Å². The van der Waals surface area contributed by atoms with E-state index in [1.54, 1.807) is 18.4 Å². The van der Waals surface area contributed by atoms with Crippen LogP contribution in [0.25, 0.3) is 0 Å². The van der Waals surface area contributed by atoms with Crippen LogP contribution in [0.15, 0.2) is 29.0 Å². The van der Waals surface area contributed by atoms with E-state index in [9.17, 15) is 9.59 Å². The molecule has 6 nitrogen and oxygen atoms in total. The lowest BCUT2D eigenvalue weighted by molar-refractivity contribution is -0.133. The molecule has 1 aliphatic rings. The van der Waals surface area contributed by atoms with Gasteiger partial charge in [0.15, 0.2) is 18.1 Å². The monoisotopic (exact) mass is 395 g/mol. The van der Waals surface area contributed by atoms with Crippen LogP contribution in [0.5, 0.6) is 11.5 Å². The first-order valence-electron chi connectivity index (χ1n) is 8.06. The second-order valence-electron chi connectivity index (χ2n) is 5.79. The quantitative estimate of drug-likeness (QED) is 0.726. The molecule has 2 heterocycles. The Labute approximate surface area is 160 Å². The van der Waals surface area contributed by atoms with E-state index < -0.39 is 5.97 Å². The first kappa shape index (κ1) is 18.5. The normalized spacial score (nSPS) is 13.0. The number of hydrogen-bond acceptors (Lipinski definition) is 6. The Morgan fingerprint density at radius 1 is 1.31 bits per heavy atom. The number of rotatable bonds is 5. The van der Waals surface area contributed by atoms with Gasteiger partial charge in [-0.2, -0.15) is 11.3 Å². The van der Waals surface area contributed by atoms with Crippen LogP contribution < -0.4 is 9.47 Å². The zero-order chi connectivity index (χ0) is 18.5. The van der Waals surface area contributed by atoms with Gasteiger partial charge in [-0.25, -0.2) is 4.79 Å². The van der Waals surface area contributed by atoms with Gasteiger partial charge in [-0.3, -0.25) is 4.79 Å². The highest BCUT2D eigenvalue weighted by atomic mass is 35.5. The molecule has 1 aromatic carbocycles. The van der Waals surface area contributed by atoms with Gasteiger partial charge in [0.05, 0.1) is 23.8 Å². The number of esters is 1. The molecule has 0 N–H and O–H groups in total. The van der Waals surface area contributed by atoms with Crippen LogP contribution >= 0.6 is 22.9 Å². The molecule has 0 saturated heterocycles. The fourth-order valence-electron chi connectivity index (χ4n) is 2.41. The number of thiophene rings is 1. The molecule has 8 heteroatoms. The molecule has 0 saturated carbocycles. The van der Waals surface area contributed by atoms with Gasteiger partial charge in [0.2, 0.25) is 0 Å². The van der Waals surface area contributed by atoms with Crippen molar-refractivity contribution in [1.82, 2.24) is 4.90 Å². The fourth-order valence-corrected chi connectivity index (χ4v) is 3.34. The first-order valence-corrected chi connectivity index (χ1v) is 9.38. The van der Waals surface area contributed by atoms with E-state index in [1.807, 2.05) is 16.8 Å². The van der Waals surface area contributed by atoms with Gasteiger partial charge in [0, 0.05) is 20.0 Å². The summed E-state index contributed by atoms with van der Waals surface area (Å²) >= 11 is 7.73. The molecular weight excluding hydrogens is 378 g/mol. The van der Waals surface area contributed by atoms with E-state index in [-0.39, 0.29) is 23.1 Å². The van der Waals surface area contributed by atoms with Crippen molar-refractivity contribution in [2.45, 2.75) is 13.0 Å². The number of amides is 1. The van der Waals surface area contributed by atoms with Crippen LogP contribution in [-0.4, -0.2) is 43.6 Å². The average Bonchev–Trinajstić information content (AvgIpc) is 3.01. The number of halogens is 1. The zero-order valence-electron chi connectivity index (χ0n) is 14.2. The Balaban J connectivity index is 1.60. The number of nitrogens with zero attached hydrogens (tertiary/aromatic N) is 1. The third-order valence-corrected chi connectivity index (χ3v) is 4.80. The Morgan fingerprint density at radius 2 is 2.12 bits per heavy atom. The highest BCUT2D eigenvalue weighted by Gasteiger charge is 2.20. The Hall–Kier alpha value is -2.25. The highest BCUT2D eigenvalue weighted by Crippen LogP contribution is 2.38. The molecule has 0 bridgehead atoms. The van der Waals surface area contributed by atoms with Crippen molar-refractivity contribution in [2.24, 2.45) is 0 Å². The Kier molecular flexibility index (Phi) is 6.00. The molecule has 0 aliphatic carbocycles. The molecule has 0 unspecified atom stereocenters. The lowest BCUT2D eigenvalue weighted by Gasteiger charge is -2.16. The predicted octanol–water partition coefficient (Wildman–Crippen LogP) is 3.38. The van der Waals surface area contributed by atoms with Gasteiger partial charge in [0.25, 0.3) is 5.91 Å². The Bertz CT molecular complexity index is 793. The average molecular weight is 396 g/mol. The molecule has 1 amide bonds. The van der Waals surface area contributed by atoms with Crippen molar-refractivity contribution in [2.75, 3.05) is 26.9 Å². The number of carbonyl (C=O) groups is 2. The molecule has 0 atom stereocenters. The van der Waals surface area contributed by atoms with Gasteiger partial charge >= 0.3 is 5.97 Å². The van der Waals surface area contributed by atoms with Gasteiger partial charge in [0.1, 0.15) is 0 Å². The molecule has 138 valence electrons. The summed E-state index contributed by atoms with van der Waals surface area (Å²) < 4.78 is 16.2. The third-order valence-electron chi connectivity index (χ3n) is 3.79. The van der Waals surface area contributed by atoms with Crippen molar-refractivity contribution < 1.29 is 23.8 Å². The third kappa shape index (κ3) is 4.47. The molecule has 1 aromatic heterocycles. The fraction of sp³-hybridized carbons (Fsp3) is 0.333. The van der Waals surface area contributed by atoms with E-state index in [0.717, 1.165) is 12.0 Å². The largest absolute Gasteiger partial charge is 0.489 e. The summed E-state index contributed by atoms with van der Waals surface area (Å²) in [6, 6.07) is 4.92. The lowest BCUT2D eigenvalue weighted by Crippen LogP contribution is -2.30. The molecule has 0 radical (unpaired) electrons. The topological polar surface area (TPSA) is 65.1 Å². The zero-order valence-corrected chi connectivity index (χ0v) is 15.8. The van der Waals surface area contributed by atoms with Crippen molar-refractivity contribution >= 4 is 34.8 Å². The van der Waals surface area contributed by atoms with E-state index >= 15 is 0 Å². The lowest BCUT2D eigenvalue weighted by atomic mass is 10.2. The van der Waals surface area contributed by atoms with E-state index in [1.165, 1.54) is 17.0 Å². The number of likely N-dealkylation sites (N-methyl/N-ethyl adjacent to an activating group) is 1. The second-order valence-corrected chi connectivity index (χ2v) is 6.98. The standard InChI is InChI=1S/C18H18ClNO5S/c1-20(9-12-3-6-26-11-12)16(21)10-25-18(22)13-7-14(19)17-15(8-13)23-4-2-5-24-17/h3,6-8,11H,2,4-5,9-10H2,1H3. The summed E-state index contributed by atoms with van der Waals surface area (Å²) in [4.78, 5) is 25.9. The molecule has 1 aliphatic heterocycles. The minimum Gasteiger partial charge on any atom is -0.489 e. The summed E-state index contributed by atoms with van der Waals surface area (Å²) in [5, 5.41) is 4.19. The summed E-state index contributed by atoms with van der Waals surface area (Å²) in [7, 11) is 1.66. The van der Waals surface area contributed by atoms with Crippen LogP contribution in [0, 0.1) is 0 Å². The summed E-state index contributed by atoms with van der Waals surface area (Å²) in [5.74, 6) is -0.0973. The maximum absolute atomic E-state index is 12.3. The number of ether oxygens (including phenoxy) is 3. The van der Waals surface area contributed by atoms with Crippen LogP contribution in [0.2, 0.25) is 5.02 Å². The van der Waals surface area contributed by atoms with Crippen molar-refractivity contribution in [3.8, 4) is 11.5 Å². The SMILES string of the molecule is CN(Cc1ccsc1)C(=O)COC(=O)c1cc(Cl)c2c(c1)OCCCO2. The van der Waals surface area contributed by atoms with Crippen LogP contribution in [0.3, 0.4) is 0 Å². The van der Waals surface area contributed by atoms with Crippen molar-refractivity contribution in [3.63, 3.8) is 0 Å². The predicted molar refractivity (Wildman–Crippen MR) is 98.1 cm³/mol. The first-order chi connectivity index (χ1) is 12.5. The molecular formula is C18H18ClNO5S. The maximum atomic E-state index is 12.3. The van der Waals surface area contributed by atoms with E-state index in [2.05, 4.69) is 0 Å². The maximum Gasteiger partial charge on any atom is 0.338 e. The molecule has 0 spiro atoms. The molecule has 0 fully saturated rings. The van der Waals surface area contributed by atoms with Gasteiger partial charge in [-0.1, -0.05) is 11.6 Å². The smallest absolute Gasteiger partial charge is 0.338 e. The Morgan fingerprint density at radius 3 is 2.88 bits per heavy atom. The van der Waals surface area contributed by atoms with Gasteiger partial charge in [-0.15, -0.1) is 0 Å². The summed E-state index contributed by atoms with van der Waals surface area (Å²) in [6.07, 6.45) is 0.732. The molecule has 26 heavy (non-hydrogen) atoms. The minimum absolute atomic E-state index is 0.215. The van der Waals surface area contributed by atoms with Gasteiger partial charge in [-0.05, 0) is 34.5 Å². The second kappa shape index (κ2) is 8.42. The molecule has 3 rings (SSSR count). The van der Waals surface area contributed by atoms with Crippen LogP contribution in [0.4, 0.5) is 0 Å². The summed E-state index contributed by atoms with van der Waals surface area (Å²) in [5.41, 5.74) is 1.25. The number of hydrogen-bond donors (Lipinski definition) is 0. The number of carbonyl (C=O) groups excluding carboxylic acids is 2. The highest BCUT2D eigenvalue weighted by molar-refractivity contribution is 7.07. The van der Waals surface area contributed by atoms with Crippen LogP contribution in [0.1, 0.15) is 22.3 Å². The minimum atomic E-state index is -0.639. The van der Waals surface area contributed by atoms with Crippen molar-refractivity contribution in [1.29, 1.82) is 0 Å².